The Morgan fingerprint density at radius 3 is 2.68 bits per heavy atom. The standard InChI is InChI=1S/C20H16N4O/c25-20(18-7-8-19(22-13-18)24-10-9-21-14-24)23-12-15-5-6-16-3-1-2-4-17(16)11-15/h1-11,13-14H,12H2,(H,23,25). The molecule has 0 saturated heterocycles. The number of carbonyl (C=O) groups is 1. The Bertz CT molecular complexity index is 1010. The fraction of sp³-hybridized carbons (Fsp3) is 0.0500. The van der Waals surface area contributed by atoms with Crippen LogP contribution < -0.4 is 5.32 Å². The van der Waals surface area contributed by atoms with E-state index in [-0.39, 0.29) is 5.91 Å². The first-order valence-corrected chi connectivity index (χ1v) is 8.00. The van der Waals surface area contributed by atoms with Crippen molar-refractivity contribution in [3.8, 4) is 5.82 Å². The van der Waals surface area contributed by atoms with Gasteiger partial charge in [0.1, 0.15) is 12.1 Å². The van der Waals surface area contributed by atoms with Crippen LogP contribution in [0.3, 0.4) is 0 Å². The minimum atomic E-state index is -0.141. The molecule has 5 heteroatoms. The Kier molecular flexibility index (Phi) is 3.96. The summed E-state index contributed by atoms with van der Waals surface area (Å²) in [6.45, 7) is 0.479. The third-order valence-electron chi connectivity index (χ3n) is 4.05. The fourth-order valence-electron chi connectivity index (χ4n) is 2.70. The van der Waals surface area contributed by atoms with Crippen molar-refractivity contribution in [3.63, 3.8) is 0 Å². The van der Waals surface area contributed by atoms with Crippen LogP contribution in [0.15, 0.2) is 79.5 Å². The Labute approximate surface area is 145 Å². The first-order valence-electron chi connectivity index (χ1n) is 8.00. The van der Waals surface area contributed by atoms with Gasteiger partial charge in [0.05, 0.1) is 5.56 Å². The Morgan fingerprint density at radius 1 is 1.04 bits per heavy atom. The highest BCUT2D eigenvalue weighted by Crippen LogP contribution is 2.15. The van der Waals surface area contributed by atoms with Crippen molar-refractivity contribution in [2.75, 3.05) is 0 Å². The predicted octanol–water partition coefficient (Wildman–Crippen LogP) is 3.35. The van der Waals surface area contributed by atoms with Gasteiger partial charge in [-0.05, 0) is 34.5 Å². The number of aromatic nitrogens is 3. The summed E-state index contributed by atoms with van der Waals surface area (Å²) in [5.41, 5.74) is 1.60. The molecule has 5 nitrogen and oxygen atoms in total. The maximum atomic E-state index is 12.3. The molecule has 0 saturated carbocycles. The largest absolute Gasteiger partial charge is 0.348 e. The number of pyridine rings is 1. The molecule has 4 rings (SSSR count). The molecule has 1 amide bonds. The maximum Gasteiger partial charge on any atom is 0.253 e. The van der Waals surface area contributed by atoms with Gasteiger partial charge in [0.25, 0.3) is 5.91 Å². The average Bonchev–Trinajstić information content (AvgIpc) is 3.21. The van der Waals surface area contributed by atoms with Gasteiger partial charge < -0.3 is 5.32 Å². The monoisotopic (exact) mass is 328 g/mol. The van der Waals surface area contributed by atoms with Crippen LogP contribution in [0.2, 0.25) is 0 Å². The third-order valence-corrected chi connectivity index (χ3v) is 4.05. The van der Waals surface area contributed by atoms with E-state index in [2.05, 4.69) is 39.6 Å². The molecule has 0 bridgehead atoms. The number of amides is 1. The highest BCUT2D eigenvalue weighted by atomic mass is 16.1. The highest BCUT2D eigenvalue weighted by molar-refractivity contribution is 5.94. The van der Waals surface area contributed by atoms with Crippen LogP contribution in [0.5, 0.6) is 0 Å². The van der Waals surface area contributed by atoms with Gasteiger partial charge in [-0.2, -0.15) is 0 Å². The van der Waals surface area contributed by atoms with Gasteiger partial charge in [-0.25, -0.2) is 9.97 Å². The van der Waals surface area contributed by atoms with Gasteiger partial charge in [-0.1, -0.05) is 36.4 Å². The normalized spacial score (nSPS) is 10.7. The second-order valence-corrected chi connectivity index (χ2v) is 5.74. The lowest BCUT2D eigenvalue weighted by Gasteiger charge is -2.07. The van der Waals surface area contributed by atoms with Crippen molar-refractivity contribution < 1.29 is 4.79 Å². The average molecular weight is 328 g/mol. The summed E-state index contributed by atoms with van der Waals surface area (Å²) in [6.07, 6.45) is 6.74. The van der Waals surface area contributed by atoms with Gasteiger partial charge in [-0.3, -0.25) is 9.36 Å². The molecule has 2 aromatic heterocycles. The molecule has 0 fully saturated rings. The van der Waals surface area contributed by atoms with Crippen LogP contribution in [0, 0.1) is 0 Å². The predicted molar refractivity (Wildman–Crippen MR) is 96.5 cm³/mol. The zero-order valence-electron chi connectivity index (χ0n) is 13.5. The number of rotatable bonds is 4. The molecule has 4 aromatic rings. The number of nitrogens with one attached hydrogen (secondary N) is 1. The van der Waals surface area contributed by atoms with Crippen molar-refractivity contribution >= 4 is 16.7 Å². The molecule has 0 atom stereocenters. The molecule has 0 spiro atoms. The number of nitrogens with zero attached hydrogens (tertiary/aromatic N) is 3. The first-order chi connectivity index (χ1) is 12.3. The van der Waals surface area contributed by atoms with Gasteiger partial charge in [0.2, 0.25) is 0 Å². The maximum absolute atomic E-state index is 12.3. The van der Waals surface area contributed by atoms with Crippen molar-refractivity contribution in [1.82, 2.24) is 19.9 Å². The molecule has 0 aliphatic rings. The van der Waals surface area contributed by atoms with Crippen molar-refractivity contribution in [2.24, 2.45) is 0 Å². The van der Waals surface area contributed by atoms with Gasteiger partial charge in [0, 0.05) is 25.1 Å². The molecule has 0 radical (unpaired) electrons. The topological polar surface area (TPSA) is 59.8 Å². The fourth-order valence-corrected chi connectivity index (χ4v) is 2.70. The van der Waals surface area contributed by atoms with E-state index in [4.69, 9.17) is 0 Å². The van der Waals surface area contributed by atoms with Gasteiger partial charge >= 0.3 is 0 Å². The van der Waals surface area contributed by atoms with Gasteiger partial charge in [-0.15, -0.1) is 0 Å². The number of carbonyl (C=O) groups excluding carboxylic acids is 1. The summed E-state index contributed by atoms with van der Waals surface area (Å²) in [6, 6.07) is 17.9. The highest BCUT2D eigenvalue weighted by Gasteiger charge is 2.07. The molecule has 0 aliphatic heterocycles. The molecular formula is C20H16N4O. The molecule has 2 aromatic carbocycles. The third kappa shape index (κ3) is 3.26. The zero-order chi connectivity index (χ0) is 17.1. The van der Waals surface area contributed by atoms with Crippen molar-refractivity contribution in [3.05, 3.63) is 90.6 Å². The molecular weight excluding hydrogens is 312 g/mol. The van der Waals surface area contributed by atoms with Crippen molar-refractivity contribution in [2.45, 2.75) is 6.54 Å². The summed E-state index contributed by atoms with van der Waals surface area (Å²) < 4.78 is 1.79. The Morgan fingerprint density at radius 2 is 1.92 bits per heavy atom. The molecule has 0 aliphatic carbocycles. The van der Waals surface area contributed by atoms with E-state index < -0.39 is 0 Å². The minimum absolute atomic E-state index is 0.141. The van der Waals surface area contributed by atoms with E-state index in [0.717, 1.165) is 11.4 Å². The van der Waals surface area contributed by atoms with Crippen LogP contribution >= 0.6 is 0 Å². The number of imidazole rings is 1. The summed E-state index contributed by atoms with van der Waals surface area (Å²) in [4.78, 5) is 20.6. The number of benzene rings is 2. The molecule has 2 heterocycles. The Balaban J connectivity index is 1.44. The van der Waals surface area contributed by atoms with Crippen LogP contribution in [0.1, 0.15) is 15.9 Å². The van der Waals surface area contributed by atoms with Crippen LogP contribution in [-0.2, 0) is 6.54 Å². The molecule has 25 heavy (non-hydrogen) atoms. The number of hydrogen-bond donors (Lipinski definition) is 1. The van der Waals surface area contributed by atoms with Crippen LogP contribution in [0.25, 0.3) is 16.6 Å². The van der Waals surface area contributed by atoms with Crippen molar-refractivity contribution in [1.29, 1.82) is 0 Å². The minimum Gasteiger partial charge on any atom is -0.348 e. The molecule has 1 N–H and O–H groups in total. The van der Waals surface area contributed by atoms with Crippen LogP contribution in [0.4, 0.5) is 0 Å². The lowest BCUT2D eigenvalue weighted by molar-refractivity contribution is 0.0950. The number of hydrogen-bond acceptors (Lipinski definition) is 3. The van der Waals surface area contributed by atoms with E-state index in [1.54, 1.807) is 35.4 Å². The van der Waals surface area contributed by atoms with E-state index in [0.29, 0.717) is 12.1 Å². The lowest BCUT2D eigenvalue weighted by Crippen LogP contribution is -2.23. The van der Waals surface area contributed by atoms with E-state index >= 15 is 0 Å². The van der Waals surface area contributed by atoms with E-state index in [9.17, 15) is 4.79 Å². The van der Waals surface area contributed by atoms with Gasteiger partial charge in [0.15, 0.2) is 0 Å². The summed E-state index contributed by atoms with van der Waals surface area (Å²) in [5.74, 6) is 0.585. The first kappa shape index (κ1) is 15.1. The summed E-state index contributed by atoms with van der Waals surface area (Å²) >= 11 is 0. The Hall–Kier alpha value is -3.47. The zero-order valence-corrected chi connectivity index (χ0v) is 13.5. The van der Waals surface area contributed by atoms with Crippen LogP contribution in [-0.4, -0.2) is 20.4 Å². The molecule has 0 unspecified atom stereocenters. The number of fused-ring (bicyclic) bond motifs is 1. The quantitative estimate of drug-likeness (QED) is 0.625. The smallest absolute Gasteiger partial charge is 0.253 e. The lowest BCUT2D eigenvalue weighted by atomic mass is 10.1. The second-order valence-electron chi connectivity index (χ2n) is 5.74. The second kappa shape index (κ2) is 6.57. The summed E-state index contributed by atoms with van der Waals surface area (Å²) in [5, 5.41) is 5.29. The molecule has 122 valence electrons. The summed E-state index contributed by atoms with van der Waals surface area (Å²) in [7, 11) is 0. The van der Waals surface area contributed by atoms with E-state index in [1.165, 1.54) is 10.8 Å². The SMILES string of the molecule is O=C(NCc1ccc2ccccc2c1)c1ccc(-n2ccnc2)nc1. The van der Waals surface area contributed by atoms with E-state index in [1.807, 2.05) is 24.4 Å².